The third-order valence-corrected chi connectivity index (χ3v) is 3.32. The maximum Gasteiger partial charge on any atom is 0.273 e. The van der Waals surface area contributed by atoms with Crippen molar-refractivity contribution in [3.05, 3.63) is 75.3 Å². The molecule has 0 heterocycles. The predicted octanol–water partition coefficient (Wildman–Crippen LogP) is 3.25. The number of carbonyl (C=O) groups is 1. The van der Waals surface area contributed by atoms with Crippen LogP contribution in [0.2, 0.25) is 0 Å². The highest BCUT2D eigenvalue weighted by molar-refractivity contribution is 5.96. The molecular weight excluding hydrogens is 294 g/mol. The number of benzene rings is 2. The quantitative estimate of drug-likeness (QED) is 0.522. The molecule has 6 nitrogen and oxygen atoms in total. The van der Waals surface area contributed by atoms with E-state index >= 15 is 0 Å². The molecule has 1 amide bonds. The molecule has 2 aromatic carbocycles. The first-order valence-corrected chi connectivity index (χ1v) is 7.10. The summed E-state index contributed by atoms with van der Waals surface area (Å²) in [6, 6.07) is 14.1. The molecule has 0 saturated heterocycles. The summed E-state index contributed by atoms with van der Waals surface area (Å²) in [6.07, 6.45) is 0.620. The number of carbonyl (C=O) groups excluding carboxylic acids is 1. The van der Waals surface area contributed by atoms with E-state index in [4.69, 9.17) is 0 Å². The Morgan fingerprint density at radius 2 is 1.91 bits per heavy atom. The highest BCUT2D eigenvalue weighted by Gasteiger charge is 2.14. The van der Waals surface area contributed by atoms with E-state index in [-0.39, 0.29) is 11.3 Å². The second-order valence-corrected chi connectivity index (χ2v) is 5.21. The van der Waals surface area contributed by atoms with E-state index in [1.165, 1.54) is 6.07 Å². The minimum absolute atomic E-state index is 0.0809. The van der Waals surface area contributed by atoms with Crippen LogP contribution in [0.4, 0.5) is 5.69 Å². The lowest BCUT2D eigenvalue weighted by Crippen LogP contribution is -2.19. The number of nitrogens with one attached hydrogen (secondary N) is 1. The van der Waals surface area contributed by atoms with Gasteiger partial charge in [0.15, 0.2) is 0 Å². The highest BCUT2D eigenvalue weighted by atomic mass is 16.6. The molecule has 118 valence electrons. The number of hydrazone groups is 1. The smallest absolute Gasteiger partial charge is 0.267 e. The number of rotatable bonds is 5. The molecule has 0 bridgehead atoms. The fraction of sp³-hybridized carbons (Fsp3) is 0.176. The zero-order chi connectivity index (χ0) is 16.8. The summed E-state index contributed by atoms with van der Waals surface area (Å²) in [5, 5.41) is 15.0. The van der Waals surface area contributed by atoms with E-state index in [0.29, 0.717) is 12.0 Å². The summed E-state index contributed by atoms with van der Waals surface area (Å²) in [5.74, 6) is -0.472. The molecule has 0 radical (unpaired) electrons. The summed E-state index contributed by atoms with van der Waals surface area (Å²) in [7, 11) is 0. The van der Waals surface area contributed by atoms with Gasteiger partial charge >= 0.3 is 0 Å². The van der Waals surface area contributed by atoms with Crippen LogP contribution in [0.1, 0.15) is 28.4 Å². The van der Waals surface area contributed by atoms with Gasteiger partial charge in [0.2, 0.25) is 0 Å². The average molecular weight is 311 g/mol. The Morgan fingerprint density at radius 1 is 1.22 bits per heavy atom. The molecular formula is C17H17N3O3. The van der Waals surface area contributed by atoms with Crippen LogP contribution >= 0.6 is 0 Å². The lowest BCUT2D eigenvalue weighted by molar-refractivity contribution is -0.385. The van der Waals surface area contributed by atoms with Gasteiger partial charge in [-0.25, -0.2) is 5.43 Å². The van der Waals surface area contributed by atoms with E-state index < -0.39 is 10.8 Å². The Bertz CT molecular complexity index is 755. The SMILES string of the molecule is C/C(Cc1ccccc1)=N\NC(=O)c1ccc(C)c([N+](=O)[O-])c1. The predicted molar refractivity (Wildman–Crippen MR) is 88.6 cm³/mol. The van der Waals surface area contributed by atoms with Gasteiger partial charge in [-0.3, -0.25) is 14.9 Å². The fourth-order valence-electron chi connectivity index (χ4n) is 2.09. The number of nitrogens with zero attached hydrogens (tertiary/aromatic N) is 2. The molecule has 0 saturated carbocycles. The molecule has 2 aromatic rings. The van der Waals surface area contributed by atoms with Crippen molar-refractivity contribution in [3.63, 3.8) is 0 Å². The van der Waals surface area contributed by atoms with Gasteiger partial charge in [-0.15, -0.1) is 0 Å². The number of amides is 1. The van der Waals surface area contributed by atoms with E-state index in [0.717, 1.165) is 11.3 Å². The first-order chi connectivity index (χ1) is 11.0. The van der Waals surface area contributed by atoms with Crippen LogP contribution in [0.3, 0.4) is 0 Å². The Kier molecular flexibility index (Phi) is 5.19. The third-order valence-electron chi connectivity index (χ3n) is 3.32. The summed E-state index contributed by atoms with van der Waals surface area (Å²) >= 11 is 0. The molecule has 2 rings (SSSR count). The Morgan fingerprint density at radius 3 is 2.57 bits per heavy atom. The number of aryl methyl sites for hydroxylation is 1. The van der Waals surface area contributed by atoms with Crippen LogP contribution in [-0.2, 0) is 6.42 Å². The molecule has 0 aromatic heterocycles. The van der Waals surface area contributed by atoms with Gasteiger partial charge in [-0.2, -0.15) is 5.10 Å². The molecule has 0 atom stereocenters. The molecule has 0 aliphatic rings. The zero-order valence-corrected chi connectivity index (χ0v) is 12.9. The minimum Gasteiger partial charge on any atom is -0.267 e. The van der Waals surface area contributed by atoms with Crippen molar-refractivity contribution >= 4 is 17.3 Å². The highest BCUT2D eigenvalue weighted by Crippen LogP contribution is 2.19. The van der Waals surface area contributed by atoms with Crippen LogP contribution in [0.5, 0.6) is 0 Å². The van der Waals surface area contributed by atoms with Crippen molar-refractivity contribution in [2.45, 2.75) is 20.3 Å². The van der Waals surface area contributed by atoms with Crippen molar-refractivity contribution in [3.8, 4) is 0 Å². The zero-order valence-electron chi connectivity index (χ0n) is 12.9. The van der Waals surface area contributed by atoms with Gasteiger partial charge in [0, 0.05) is 29.3 Å². The standard InChI is InChI=1S/C17H17N3O3/c1-12-8-9-15(11-16(12)20(22)23)17(21)19-18-13(2)10-14-6-4-3-5-7-14/h3-9,11H,10H2,1-2H3,(H,19,21)/b18-13+. The second-order valence-electron chi connectivity index (χ2n) is 5.21. The summed E-state index contributed by atoms with van der Waals surface area (Å²) < 4.78 is 0. The molecule has 1 N–H and O–H groups in total. The van der Waals surface area contributed by atoms with Crippen molar-refractivity contribution < 1.29 is 9.72 Å². The number of hydrogen-bond acceptors (Lipinski definition) is 4. The van der Waals surface area contributed by atoms with Crippen LogP contribution in [0.15, 0.2) is 53.6 Å². The Balaban J connectivity index is 2.06. The van der Waals surface area contributed by atoms with Gasteiger partial charge in [-0.1, -0.05) is 36.4 Å². The molecule has 23 heavy (non-hydrogen) atoms. The second kappa shape index (κ2) is 7.31. The summed E-state index contributed by atoms with van der Waals surface area (Å²) in [4.78, 5) is 22.5. The van der Waals surface area contributed by atoms with Crippen LogP contribution in [0, 0.1) is 17.0 Å². The van der Waals surface area contributed by atoms with E-state index in [9.17, 15) is 14.9 Å². The van der Waals surface area contributed by atoms with Crippen LogP contribution in [-0.4, -0.2) is 16.5 Å². The van der Waals surface area contributed by atoms with Crippen LogP contribution in [0.25, 0.3) is 0 Å². The van der Waals surface area contributed by atoms with Crippen molar-refractivity contribution in [1.29, 1.82) is 0 Å². The van der Waals surface area contributed by atoms with Crippen molar-refractivity contribution in [2.24, 2.45) is 5.10 Å². The fourth-order valence-corrected chi connectivity index (χ4v) is 2.09. The largest absolute Gasteiger partial charge is 0.273 e. The third kappa shape index (κ3) is 4.47. The van der Waals surface area contributed by atoms with E-state index in [1.807, 2.05) is 37.3 Å². The topological polar surface area (TPSA) is 84.6 Å². The lowest BCUT2D eigenvalue weighted by atomic mass is 10.1. The monoisotopic (exact) mass is 311 g/mol. The van der Waals surface area contributed by atoms with Crippen LogP contribution < -0.4 is 5.43 Å². The Labute approximate surface area is 134 Å². The van der Waals surface area contributed by atoms with Crippen molar-refractivity contribution in [2.75, 3.05) is 0 Å². The summed E-state index contributed by atoms with van der Waals surface area (Å²) in [6.45, 7) is 3.44. The molecule has 0 spiro atoms. The maximum absolute atomic E-state index is 12.0. The number of nitro groups is 1. The maximum atomic E-state index is 12.0. The Hall–Kier alpha value is -3.02. The van der Waals surface area contributed by atoms with Gasteiger partial charge in [0.1, 0.15) is 0 Å². The summed E-state index contributed by atoms with van der Waals surface area (Å²) in [5.41, 5.74) is 4.90. The van der Waals surface area contributed by atoms with Gasteiger partial charge in [0.25, 0.3) is 11.6 Å². The van der Waals surface area contributed by atoms with Crippen molar-refractivity contribution in [1.82, 2.24) is 5.43 Å². The van der Waals surface area contributed by atoms with Gasteiger partial charge in [-0.05, 0) is 25.5 Å². The molecule has 0 fully saturated rings. The van der Waals surface area contributed by atoms with Gasteiger partial charge in [0.05, 0.1) is 4.92 Å². The minimum atomic E-state index is -0.504. The average Bonchev–Trinajstić information content (AvgIpc) is 2.53. The van der Waals surface area contributed by atoms with Gasteiger partial charge < -0.3 is 0 Å². The molecule has 0 aliphatic heterocycles. The normalized spacial score (nSPS) is 11.1. The molecule has 6 heteroatoms. The molecule has 0 unspecified atom stereocenters. The number of hydrogen-bond donors (Lipinski definition) is 1. The molecule has 0 aliphatic carbocycles. The lowest BCUT2D eigenvalue weighted by Gasteiger charge is -2.04. The first-order valence-electron chi connectivity index (χ1n) is 7.10. The van der Waals surface area contributed by atoms with E-state index in [2.05, 4.69) is 10.5 Å². The number of nitro benzene ring substituents is 1. The van der Waals surface area contributed by atoms with E-state index in [1.54, 1.807) is 19.1 Å². The first kappa shape index (κ1) is 16.4.